The topological polar surface area (TPSA) is 105 Å². The summed E-state index contributed by atoms with van der Waals surface area (Å²) in [5.74, 6) is 2.74. The highest BCUT2D eigenvalue weighted by atomic mass is 127. The van der Waals surface area contributed by atoms with Crippen molar-refractivity contribution in [1.82, 2.24) is 29.7 Å². The van der Waals surface area contributed by atoms with Gasteiger partial charge in [-0.05, 0) is 39.0 Å². The van der Waals surface area contributed by atoms with E-state index in [1.54, 1.807) is 4.31 Å². The van der Waals surface area contributed by atoms with Gasteiger partial charge in [0, 0.05) is 32.2 Å². The van der Waals surface area contributed by atoms with Crippen molar-refractivity contribution in [2.45, 2.75) is 83.8 Å². The van der Waals surface area contributed by atoms with E-state index >= 15 is 0 Å². The zero-order valence-electron chi connectivity index (χ0n) is 19.0. The van der Waals surface area contributed by atoms with E-state index in [2.05, 4.69) is 20.8 Å². The third-order valence-corrected chi connectivity index (χ3v) is 8.23. The normalized spacial score (nSPS) is 19.8. The highest BCUT2D eigenvalue weighted by Crippen LogP contribution is 2.18. The first kappa shape index (κ1) is 26.3. The Morgan fingerprint density at radius 2 is 1.68 bits per heavy atom. The van der Waals surface area contributed by atoms with E-state index in [-0.39, 0.29) is 35.8 Å². The molecule has 11 heteroatoms. The van der Waals surface area contributed by atoms with Crippen LogP contribution in [0.2, 0.25) is 0 Å². The summed E-state index contributed by atoms with van der Waals surface area (Å²) in [6, 6.07) is 0.658. The minimum absolute atomic E-state index is 0. The predicted molar refractivity (Wildman–Crippen MR) is 134 cm³/mol. The van der Waals surface area contributed by atoms with Crippen LogP contribution in [0.3, 0.4) is 0 Å². The van der Waals surface area contributed by atoms with Gasteiger partial charge in [-0.3, -0.25) is 0 Å². The van der Waals surface area contributed by atoms with Crippen molar-refractivity contribution in [3.63, 3.8) is 0 Å². The van der Waals surface area contributed by atoms with Crippen molar-refractivity contribution in [2.75, 3.05) is 18.8 Å². The van der Waals surface area contributed by atoms with Crippen LogP contribution in [0.15, 0.2) is 4.99 Å². The highest BCUT2D eigenvalue weighted by molar-refractivity contribution is 14.0. The van der Waals surface area contributed by atoms with Crippen LogP contribution in [0.1, 0.15) is 69.9 Å². The van der Waals surface area contributed by atoms with E-state index in [1.807, 2.05) is 25.5 Å². The van der Waals surface area contributed by atoms with Crippen molar-refractivity contribution in [1.29, 1.82) is 0 Å². The van der Waals surface area contributed by atoms with Crippen molar-refractivity contribution >= 4 is 40.0 Å². The Kier molecular flexibility index (Phi) is 10.5. The molecule has 2 aliphatic rings. The molecule has 0 bridgehead atoms. The van der Waals surface area contributed by atoms with Crippen LogP contribution in [0.25, 0.3) is 0 Å². The smallest absolute Gasteiger partial charge is 0.214 e. The number of rotatable bonds is 7. The van der Waals surface area contributed by atoms with Gasteiger partial charge in [-0.15, -0.1) is 34.2 Å². The quantitative estimate of drug-likeness (QED) is 0.298. The lowest BCUT2D eigenvalue weighted by Crippen LogP contribution is -2.52. The maximum atomic E-state index is 12.3. The first-order chi connectivity index (χ1) is 14.4. The summed E-state index contributed by atoms with van der Waals surface area (Å²) in [7, 11) is -1.16. The Bertz CT molecular complexity index is 813. The average Bonchev–Trinajstić information content (AvgIpc) is 3.05. The maximum absolute atomic E-state index is 12.3. The Balaban J connectivity index is 0.00000341. The van der Waals surface area contributed by atoms with Gasteiger partial charge >= 0.3 is 0 Å². The largest absolute Gasteiger partial charge is 0.354 e. The van der Waals surface area contributed by atoms with Crippen LogP contribution < -0.4 is 10.6 Å². The van der Waals surface area contributed by atoms with Crippen LogP contribution in [-0.2, 0) is 23.6 Å². The molecule has 0 atom stereocenters. The third kappa shape index (κ3) is 7.55. The number of aryl methyl sites for hydroxylation is 1. The van der Waals surface area contributed by atoms with E-state index in [1.165, 1.54) is 19.3 Å². The molecule has 1 aliphatic heterocycles. The molecule has 2 N–H and O–H groups in total. The fraction of sp³-hybridized carbons (Fsp3) is 0.850. The molecule has 178 valence electrons. The van der Waals surface area contributed by atoms with E-state index < -0.39 is 10.0 Å². The lowest BCUT2D eigenvalue weighted by atomic mass is 9.96. The van der Waals surface area contributed by atoms with Gasteiger partial charge in [-0.2, -0.15) is 0 Å². The molecule has 0 unspecified atom stereocenters. The summed E-state index contributed by atoms with van der Waals surface area (Å²) in [6.45, 7) is 5.44. The zero-order valence-corrected chi connectivity index (χ0v) is 22.2. The molecule has 2 heterocycles. The molecule has 1 saturated heterocycles. The number of aromatic nitrogens is 3. The van der Waals surface area contributed by atoms with Crippen LogP contribution in [0.4, 0.5) is 0 Å². The van der Waals surface area contributed by atoms with Gasteiger partial charge in [0.05, 0.1) is 5.75 Å². The predicted octanol–water partition coefficient (Wildman–Crippen LogP) is 2.31. The Labute approximate surface area is 203 Å². The zero-order chi connectivity index (χ0) is 21.6. The van der Waals surface area contributed by atoms with E-state index in [4.69, 9.17) is 4.99 Å². The first-order valence-corrected chi connectivity index (χ1v) is 12.9. The Hall–Kier alpha value is -0.950. The van der Waals surface area contributed by atoms with Gasteiger partial charge < -0.3 is 15.2 Å². The number of halogens is 1. The van der Waals surface area contributed by atoms with E-state index in [0.29, 0.717) is 32.1 Å². The van der Waals surface area contributed by atoms with Crippen molar-refractivity contribution < 1.29 is 8.42 Å². The number of sulfonamides is 1. The van der Waals surface area contributed by atoms with Crippen LogP contribution in [0, 0.1) is 6.92 Å². The number of nitrogens with zero attached hydrogens (tertiary/aromatic N) is 5. The molecule has 3 rings (SSSR count). The van der Waals surface area contributed by atoms with Gasteiger partial charge in [0.15, 0.2) is 11.8 Å². The second-order valence-electron chi connectivity index (χ2n) is 8.50. The van der Waals surface area contributed by atoms with Gasteiger partial charge in [0.25, 0.3) is 0 Å². The number of aliphatic imine (C=N–C) groups is 1. The molecule has 0 spiro atoms. The number of hydrogen-bond donors (Lipinski definition) is 2. The van der Waals surface area contributed by atoms with E-state index in [9.17, 15) is 8.42 Å². The van der Waals surface area contributed by atoms with Gasteiger partial charge in [0.1, 0.15) is 12.4 Å². The molecule has 0 aromatic carbocycles. The van der Waals surface area contributed by atoms with Crippen molar-refractivity contribution in [3.8, 4) is 0 Å². The molecule has 0 amide bonds. The summed E-state index contributed by atoms with van der Waals surface area (Å²) in [6.07, 6.45) is 8.37. The summed E-state index contributed by atoms with van der Waals surface area (Å²) in [5, 5.41) is 15.5. The Morgan fingerprint density at radius 3 is 2.23 bits per heavy atom. The monoisotopic (exact) mass is 567 g/mol. The van der Waals surface area contributed by atoms with Crippen molar-refractivity contribution in [2.24, 2.45) is 12.0 Å². The first-order valence-electron chi connectivity index (χ1n) is 11.3. The molecule has 0 radical (unpaired) electrons. The minimum Gasteiger partial charge on any atom is -0.354 e. The molecule has 9 nitrogen and oxygen atoms in total. The second kappa shape index (κ2) is 12.3. The third-order valence-electron chi connectivity index (χ3n) is 6.16. The lowest BCUT2D eigenvalue weighted by Gasteiger charge is -2.33. The standard InChI is InChI=1S/C20H37N7O2S.HI/c1-4-14-30(28,29)27-12-10-18(11-13-27)23-20(22-17-8-6-5-7-9-17)21-15-19-25-24-16(2)26(19)3;/h17-18H,4-15H2,1-3H3,(H2,21,22,23);1H. The number of nitrogens with one attached hydrogen (secondary N) is 2. The molecule has 1 aromatic heterocycles. The lowest BCUT2D eigenvalue weighted by molar-refractivity contribution is 0.304. The molecule has 2 fully saturated rings. The average molecular weight is 568 g/mol. The fourth-order valence-electron chi connectivity index (χ4n) is 4.17. The summed E-state index contributed by atoms with van der Waals surface area (Å²) in [4.78, 5) is 4.79. The second-order valence-corrected chi connectivity index (χ2v) is 10.6. The van der Waals surface area contributed by atoms with E-state index in [0.717, 1.165) is 43.3 Å². The SMILES string of the molecule is CCCS(=O)(=O)N1CCC(NC(=NCc2nnc(C)n2C)NC2CCCCC2)CC1.I. The van der Waals surface area contributed by atoms with Crippen LogP contribution in [0.5, 0.6) is 0 Å². The molecular formula is C20H38IN7O2S. The number of guanidine groups is 1. The molecular weight excluding hydrogens is 529 g/mol. The van der Waals surface area contributed by atoms with Gasteiger partial charge in [0.2, 0.25) is 10.0 Å². The van der Waals surface area contributed by atoms with Crippen molar-refractivity contribution in [3.05, 3.63) is 11.6 Å². The fourth-order valence-corrected chi connectivity index (χ4v) is 5.71. The highest BCUT2D eigenvalue weighted by Gasteiger charge is 2.28. The van der Waals surface area contributed by atoms with Gasteiger partial charge in [-0.25, -0.2) is 17.7 Å². The summed E-state index contributed by atoms with van der Waals surface area (Å²) in [5.41, 5.74) is 0. The summed E-state index contributed by atoms with van der Waals surface area (Å²) >= 11 is 0. The molecule has 31 heavy (non-hydrogen) atoms. The van der Waals surface area contributed by atoms with Crippen LogP contribution >= 0.6 is 24.0 Å². The maximum Gasteiger partial charge on any atom is 0.214 e. The summed E-state index contributed by atoms with van der Waals surface area (Å²) < 4.78 is 28.2. The molecule has 1 saturated carbocycles. The van der Waals surface area contributed by atoms with Crippen LogP contribution in [-0.4, -0.2) is 64.4 Å². The minimum atomic E-state index is -3.11. The molecule has 1 aliphatic carbocycles. The molecule has 1 aromatic rings. The number of piperidine rings is 1. The Morgan fingerprint density at radius 1 is 1.06 bits per heavy atom. The number of hydrogen-bond acceptors (Lipinski definition) is 5. The van der Waals surface area contributed by atoms with Gasteiger partial charge in [-0.1, -0.05) is 26.2 Å².